The van der Waals surface area contributed by atoms with Crippen molar-refractivity contribution in [3.05, 3.63) is 34.0 Å². The van der Waals surface area contributed by atoms with Crippen LogP contribution in [0.3, 0.4) is 0 Å². The smallest absolute Gasteiger partial charge is 0.264 e. The van der Waals surface area contributed by atoms with Gasteiger partial charge in [-0.2, -0.15) is 0 Å². The number of thiophene rings is 1. The summed E-state index contributed by atoms with van der Waals surface area (Å²) in [5.74, 6) is -0.295. The van der Waals surface area contributed by atoms with Gasteiger partial charge in [-0.05, 0) is 17.9 Å². The summed E-state index contributed by atoms with van der Waals surface area (Å²) in [5.41, 5.74) is 0. The third-order valence-electron chi connectivity index (χ3n) is 3.06. The first-order valence-corrected chi connectivity index (χ1v) is 8.98. The summed E-state index contributed by atoms with van der Waals surface area (Å²) in [6.07, 6.45) is 4.66. The summed E-state index contributed by atoms with van der Waals surface area (Å²) in [5, 5.41) is 6.94. The van der Waals surface area contributed by atoms with E-state index < -0.39 is 0 Å². The first-order chi connectivity index (χ1) is 10.7. The number of carbonyl (C=O) groups excluding carboxylic acids is 2. The highest BCUT2D eigenvalue weighted by Crippen LogP contribution is 2.14. The fraction of sp³-hybridized carbons (Fsp3) is 0.400. The number of aromatic nitrogens is 1. The van der Waals surface area contributed by atoms with Crippen molar-refractivity contribution in [1.29, 1.82) is 0 Å². The zero-order valence-electron chi connectivity index (χ0n) is 12.4. The number of anilines is 1. The highest BCUT2D eigenvalue weighted by molar-refractivity contribution is 7.13. The van der Waals surface area contributed by atoms with Crippen LogP contribution in [-0.2, 0) is 4.79 Å². The second kappa shape index (κ2) is 8.65. The lowest BCUT2D eigenvalue weighted by Gasteiger charge is -2.21. The van der Waals surface area contributed by atoms with Crippen molar-refractivity contribution in [2.24, 2.45) is 0 Å². The van der Waals surface area contributed by atoms with Gasteiger partial charge in [0.1, 0.15) is 6.54 Å². The molecule has 0 saturated carbocycles. The Morgan fingerprint density at radius 1 is 1.27 bits per heavy atom. The van der Waals surface area contributed by atoms with Crippen LogP contribution in [0.25, 0.3) is 0 Å². The van der Waals surface area contributed by atoms with Gasteiger partial charge >= 0.3 is 0 Å². The van der Waals surface area contributed by atoms with Gasteiger partial charge in [0.2, 0.25) is 5.91 Å². The third-order valence-corrected chi connectivity index (χ3v) is 4.61. The molecule has 0 aliphatic heterocycles. The summed E-state index contributed by atoms with van der Waals surface area (Å²) < 4.78 is 0. The van der Waals surface area contributed by atoms with Gasteiger partial charge in [-0.25, -0.2) is 4.98 Å². The Morgan fingerprint density at radius 2 is 2.14 bits per heavy atom. The molecule has 0 radical (unpaired) electrons. The molecule has 2 aromatic heterocycles. The molecule has 0 bridgehead atoms. The summed E-state index contributed by atoms with van der Waals surface area (Å²) in [7, 11) is 0. The molecule has 0 spiro atoms. The molecule has 5 nitrogen and oxygen atoms in total. The number of hydrogen-bond donors (Lipinski definition) is 1. The molecular weight excluding hydrogens is 318 g/mol. The van der Waals surface area contributed by atoms with Gasteiger partial charge in [0.25, 0.3) is 5.91 Å². The van der Waals surface area contributed by atoms with E-state index in [4.69, 9.17) is 0 Å². The van der Waals surface area contributed by atoms with E-state index in [-0.39, 0.29) is 18.4 Å². The fourth-order valence-corrected chi connectivity index (χ4v) is 3.21. The summed E-state index contributed by atoms with van der Waals surface area (Å²) in [6.45, 7) is 2.76. The zero-order valence-corrected chi connectivity index (χ0v) is 14.1. The van der Waals surface area contributed by atoms with Crippen molar-refractivity contribution < 1.29 is 9.59 Å². The molecule has 2 rings (SSSR count). The molecule has 7 heteroatoms. The minimum Gasteiger partial charge on any atom is -0.329 e. The predicted octanol–water partition coefficient (Wildman–Crippen LogP) is 3.48. The monoisotopic (exact) mass is 337 g/mol. The van der Waals surface area contributed by atoms with Crippen LogP contribution >= 0.6 is 22.7 Å². The van der Waals surface area contributed by atoms with Gasteiger partial charge in [-0.1, -0.05) is 25.8 Å². The van der Waals surface area contributed by atoms with Gasteiger partial charge in [0, 0.05) is 18.1 Å². The molecule has 2 amide bonds. The lowest BCUT2D eigenvalue weighted by Crippen LogP contribution is -2.38. The molecule has 0 saturated heterocycles. The molecular formula is C15H19N3O2S2. The van der Waals surface area contributed by atoms with Gasteiger partial charge in [-0.3, -0.25) is 9.59 Å². The molecule has 2 aromatic rings. The second-order valence-corrected chi connectivity index (χ2v) is 6.64. The number of thiazole rings is 1. The maximum Gasteiger partial charge on any atom is 0.264 e. The Bertz CT molecular complexity index is 582. The SMILES string of the molecule is CCCCCN(CC(=O)Nc1nccs1)C(=O)c1cccs1. The van der Waals surface area contributed by atoms with Crippen molar-refractivity contribution in [1.82, 2.24) is 9.88 Å². The zero-order chi connectivity index (χ0) is 15.8. The van der Waals surface area contributed by atoms with Crippen LogP contribution in [0.4, 0.5) is 5.13 Å². The average Bonchev–Trinajstić information content (AvgIpc) is 3.18. The maximum atomic E-state index is 12.5. The van der Waals surface area contributed by atoms with Crippen LogP contribution in [0.15, 0.2) is 29.1 Å². The topological polar surface area (TPSA) is 62.3 Å². The van der Waals surface area contributed by atoms with Crippen LogP contribution in [0.2, 0.25) is 0 Å². The summed E-state index contributed by atoms with van der Waals surface area (Å²) >= 11 is 2.76. The van der Waals surface area contributed by atoms with E-state index in [0.717, 1.165) is 19.3 Å². The normalized spacial score (nSPS) is 10.4. The highest BCUT2D eigenvalue weighted by atomic mass is 32.1. The first-order valence-electron chi connectivity index (χ1n) is 7.23. The largest absolute Gasteiger partial charge is 0.329 e. The Morgan fingerprint density at radius 3 is 2.77 bits per heavy atom. The lowest BCUT2D eigenvalue weighted by atomic mass is 10.2. The number of amides is 2. The number of hydrogen-bond acceptors (Lipinski definition) is 5. The molecule has 0 fully saturated rings. The van der Waals surface area contributed by atoms with E-state index >= 15 is 0 Å². The molecule has 118 valence electrons. The quantitative estimate of drug-likeness (QED) is 0.750. The number of nitrogens with zero attached hydrogens (tertiary/aromatic N) is 2. The Kier molecular flexibility index (Phi) is 6.54. The van der Waals surface area contributed by atoms with E-state index in [1.807, 2.05) is 11.4 Å². The molecule has 22 heavy (non-hydrogen) atoms. The predicted molar refractivity (Wildman–Crippen MR) is 90.5 cm³/mol. The molecule has 0 aromatic carbocycles. The van der Waals surface area contributed by atoms with Crippen molar-refractivity contribution >= 4 is 39.6 Å². The number of carbonyl (C=O) groups is 2. The van der Waals surface area contributed by atoms with E-state index in [0.29, 0.717) is 16.6 Å². The molecule has 0 atom stereocenters. The molecule has 0 aliphatic carbocycles. The highest BCUT2D eigenvalue weighted by Gasteiger charge is 2.19. The average molecular weight is 337 g/mol. The van der Waals surface area contributed by atoms with E-state index in [2.05, 4.69) is 17.2 Å². The van der Waals surface area contributed by atoms with Crippen LogP contribution in [0.1, 0.15) is 35.9 Å². The minimum atomic E-state index is -0.212. The number of rotatable bonds is 8. The number of unbranched alkanes of at least 4 members (excludes halogenated alkanes) is 2. The molecule has 2 heterocycles. The van der Waals surface area contributed by atoms with Crippen molar-refractivity contribution in [2.45, 2.75) is 26.2 Å². The lowest BCUT2D eigenvalue weighted by molar-refractivity contribution is -0.116. The fourth-order valence-electron chi connectivity index (χ4n) is 1.98. The van der Waals surface area contributed by atoms with Crippen LogP contribution < -0.4 is 5.32 Å². The van der Waals surface area contributed by atoms with E-state index in [1.165, 1.54) is 22.7 Å². The van der Waals surface area contributed by atoms with Gasteiger partial charge < -0.3 is 10.2 Å². The van der Waals surface area contributed by atoms with E-state index in [9.17, 15) is 9.59 Å². The van der Waals surface area contributed by atoms with Crippen molar-refractivity contribution in [3.8, 4) is 0 Å². The van der Waals surface area contributed by atoms with Gasteiger partial charge in [-0.15, -0.1) is 22.7 Å². The molecule has 0 aliphatic rings. The Balaban J connectivity index is 1.97. The first kappa shape index (κ1) is 16.6. The molecule has 0 unspecified atom stereocenters. The van der Waals surface area contributed by atoms with Gasteiger partial charge in [0.05, 0.1) is 4.88 Å². The minimum absolute atomic E-state index is 0.0556. The number of nitrogens with one attached hydrogen (secondary N) is 1. The summed E-state index contributed by atoms with van der Waals surface area (Å²) in [6, 6.07) is 3.64. The van der Waals surface area contributed by atoms with Crippen molar-refractivity contribution in [2.75, 3.05) is 18.4 Å². The van der Waals surface area contributed by atoms with Crippen molar-refractivity contribution in [3.63, 3.8) is 0 Å². The Hall–Kier alpha value is -1.73. The molecule has 1 N–H and O–H groups in total. The van der Waals surface area contributed by atoms with Crippen LogP contribution in [0.5, 0.6) is 0 Å². The summed E-state index contributed by atoms with van der Waals surface area (Å²) in [4.78, 5) is 30.9. The van der Waals surface area contributed by atoms with E-state index in [1.54, 1.807) is 22.5 Å². The van der Waals surface area contributed by atoms with Crippen LogP contribution in [-0.4, -0.2) is 34.8 Å². The van der Waals surface area contributed by atoms with Gasteiger partial charge in [0.15, 0.2) is 5.13 Å². The Labute approximate surface area is 138 Å². The van der Waals surface area contributed by atoms with Crippen LogP contribution in [0, 0.1) is 0 Å². The standard InChI is InChI=1S/C15H19N3O2S2/c1-2-3-4-8-18(14(20)12-6-5-9-21-12)11-13(19)17-15-16-7-10-22-15/h5-7,9-10H,2-4,8,11H2,1H3,(H,16,17,19). The second-order valence-electron chi connectivity index (χ2n) is 4.80. The third kappa shape index (κ3) is 4.92. The maximum absolute atomic E-state index is 12.5.